The molecule has 21 heavy (non-hydrogen) atoms. The second-order valence-electron chi connectivity index (χ2n) is 4.76. The van der Waals surface area contributed by atoms with Gasteiger partial charge in [-0.15, -0.1) is 11.8 Å². The summed E-state index contributed by atoms with van der Waals surface area (Å²) in [5, 5.41) is 11.6. The fourth-order valence-corrected chi connectivity index (χ4v) is 3.36. The van der Waals surface area contributed by atoms with Gasteiger partial charge in [-0.1, -0.05) is 0 Å². The second-order valence-corrected chi connectivity index (χ2v) is 6.11. The Kier molecular flexibility index (Phi) is 4.52. The van der Waals surface area contributed by atoms with E-state index in [0.717, 1.165) is 0 Å². The molecule has 7 heteroatoms. The third-order valence-corrected chi connectivity index (χ3v) is 4.41. The fourth-order valence-electron chi connectivity index (χ4n) is 2.19. The molecule has 2 rings (SSSR count). The van der Waals surface area contributed by atoms with Crippen molar-refractivity contribution in [3.63, 3.8) is 0 Å². The van der Waals surface area contributed by atoms with Gasteiger partial charge in [-0.2, -0.15) is 0 Å². The summed E-state index contributed by atoms with van der Waals surface area (Å²) in [7, 11) is 0. The normalized spacial score (nSPS) is 21.1. The Morgan fingerprint density at radius 2 is 1.90 bits per heavy atom. The number of nitrogens with zero attached hydrogens (tertiary/aromatic N) is 1. The van der Waals surface area contributed by atoms with Gasteiger partial charge < -0.3 is 15.3 Å². The zero-order valence-electron chi connectivity index (χ0n) is 11.7. The predicted molar refractivity (Wildman–Crippen MR) is 80.3 cm³/mol. The van der Waals surface area contributed by atoms with E-state index in [1.807, 2.05) is 6.92 Å². The molecule has 1 aliphatic heterocycles. The summed E-state index contributed by atoms with van der Waals surface area (Å²) in [4.78, 5) is 36.0. The van der Waals surface area contributed by atoms with E-state index in [9.17, 15) is 19.5 Å². The van der Waals surface area contributed by atoms with Crippen LogP contribution in [-0.4, -0.2) is 45.0 Å². The van der Waals surface area contributed by atoms with Crippen LogP contribution in [-0.2, 0) is 9.59 Å². The van der Waals surface area contributed by atoms with Crippen molar-refractivity contribution in [2.45, 2.75) is 25.3 Å². The minimum absolute atomic E-state index is 0.173. The number of thioether (sulfide) groups is 1. The number of carboxylic acid groups (broad SMARTS) is 1. The molecule has 2 N–H and O–H groups in total. The quantitative estimate of drug-likeness (QED) is 0.886. The maximum absolute atomic E-state index is 12.5. The van der Waals surface area contributed by atoms with Crippen LogP contribution in [0.3, 0.4) is 0 Å². The fraction of sp³-hybridized carbons (Fsp3) is 0.357. The van der Waals surface area contributed by atoms with E-state index in [1.165, 1.54) is 23.6 Å². The van der Waals surface area contributed by atoms with Crippen molar-refractivity contribution in [3.05, 3.63) is 29.8 Å². The molecule has 2 atom stereocenters. The van der Waals surface area contributed by atoms with Crippen LogP contribution in [0.15, 0.2) is 24.3 Å². The minimum Gasteiger partial charge on any atom is -0.480 e. The molecule has 6 nitrogen and oxygen atoms in total. The monoisotopic (exact) mass is 308 g/mol. The highest BCUT2D eigenvalue weighted by atomic mass is 32.2. The number of hydrogen-bond donors (Lipinski definition) is 2. The summed E-state index contributed by atoms with van der Waals surface area (Å²) < 4.78 is 0. The molecule has 1 aliphatic rings. The number of nitrogens with one attached hydrogen (secondary N) is 1. The Balaban J connectivity index is 2.19. The Morgan fingerprint density at radius 1 is 1.29 bits per heavy atom. The first-order valence-electron chi connectivity index (χ1n) is 6.45. The highest BCUT2D eigenvalue weighted by Gasteiger charge is 2.39. The van der Waals surface area contributed by atoms with Crippen LogP contribution >= 0.6 is 11.8 Å². The lowest BCUT2D eigenvalue weighted by atomic mass is 10.1. The van der Waals surface area contributed by atoms with Crippen molar-refractivity contribution >= 4 is 35.2 Å². The lowest BCUT2D eigenvalue weighted by Gasteiger charge is -2.25. The van der Waals surface area contributed by atoms with Crippen LogP contribution in [0.4, 0.5) is 5.69 Å². The number of amides is 2. The Labute approximate surface area is 126 Å². The van der Waals surface area contributed by atoms with Gasteiger partial charge >= 0.3 is 5.97 Å². The second kappa shape index (κ2) is 6.17. The van der Waals surface area contributed by atoms with Crippen molar-refractivity contribution in [2.75, 3.05) is 11.1 Å². The van der Waals surface area contributed by atoms with Gasteiger partial charge in [0.15, 0.2) is 0 Å². The van der Waals surface area contributed by atoms with Gasteiger partial charge in [0.2, 0.25) is 5.91 Å². The van der Waals surface area contributed by atoms with E-state index in [1.54, 1.807) is 24.3 Å². The molecule has 0 radical (unpaired) electrons. The molecule has 0 aliphatic carbocycles. The third kappa shape index (κ3) is 3.36. The summed E-state index contributed by atoms with van der Waals surface area (Å²) in [6.45, 7) is 3.22. The Morgan fingerprint density at radius 3 is 2.43 bits per heavy atom. The summed E-state index contributed by atoms with van der Waals surface area (Å²) >= 11 is 1.44. The number of hydrogen-bond acceptors (Lipinski definition) is 4. The maximum Gasteiger partial charge on any atom is 0.327 e. The van der Waals surface area contributed by atoms with E-state index in [0.29, 0.717) is 17.0 Å². The molecule has 1 heterocycles. The number of carboxylic acids is 1. The largest absolute Gasteiger partial charge is 0.480 e. The maximum atomic E-state index is 12.5. The van der Waals surface area contributed by atoms with Gasteiger partial charge in [0.05, 0.1) is 5.37 Å². The molecule has 0 aromatic heterocycles. The number of carbonyl (C=O) groups is 3. The van der Waals surface area contributed by atoms with E-state index < -0.39 is 12.0 Å². The van der Waals surface area contributed by atoms with E-state index in [-0.39, 0.29) is 17.2 Å². The number of rotatable bonds is 3. The number of aliphatic carboxylic acids is 1. The molecule has 1 fully saturated rings. The lowest BCUT2D eigenvalue weighted by Crippen LogP contribution is -2.44. The lowest BCUT2D eigenvalue weighted by molar-refractivity contribution is -0.141. The first-order valence-corrected chi connectivity index (χ1v) is 7.49. The number of anilines is 1. The molecule has 2 amide bonds. The van der Waals surface area contributed by atoms with Crippen LogP contribution in [0.2, 0.25) is 0 Å². The topological polar surface area (TPSA) is 86.7 Å². The van der Waals surface area contributed by atoms with Crippen molar-refractivity contribution in [1.82, 2.24) is 4.90 Å². The molecule has 1 aromatic rings. The molecule has 1 aromatic carbocycles. The first-order chi connectivity index (χ1) is 9.90. The van der Waals surface area contributed by atoms with E-state index in [2.05, 4.69) is 5.32 Å². The first kappa shape index (κ1) is 15.4. The smallest absolute Gasteiger partial charge is 0.327 e. The molecule has 0 saturated carbocycles. The standard InChI is InChI=1S/C14H16N2O4S/c1-8(17)15-11-5-3-10(4-6-11)13(18)16-9(2)21-7-12(16)14(19)20/h3-6,9,12H,7H2,1-2H3,(H,15,17)(H,19,20). The average molecular weight is 308 g/mol. The van der Waals surface area contributed by atoms with Crippen molar-refractivity contribution < 1.29 is 19.5 Å². The van der Waals surface area contributed by atoms with Crippen molar-refractivity contribution in [1.29, 1.82) is 0 Å². The zero-order valence-corrected chi connectivity index (χ0v) is 12.5. The van der Waals surface area contributed by atoms with Gasteiger partial charge in [0, 0.05) is 23.9 Å². The summed E-state index contributed by atoms with van der Waals surface area (Å²) in [6.07, 6.45) is 0. The molecular weight excluding hydrogens is 292 g/mol. The predicted octanol–water partition coefficient (Wildman–Crippen LogP) is 1.63. The summed E-state index contributed by atoms with van der Waals surface area (Å²) in [6, 6.07) is 5.62. The van der Waals surface area contributed by atoms with Gasteiger partial charge in [-0.3, -0.25) is 9.59 Å². The van der Waals surface area contributed by atoms with Crippen LogP contribution in [0, 0.1) is 0 Å². The summed E-state index contributed by atoms with van der Waals surface area (Å²) in [5.41, 5.74) is 1.00. The average Bonchev–Trinajstić information content (AvgIpc) is 2.80. The Hall–Kier alpha value is -2.02. The summed E-state index contributed by atoms with van der Waals surface area (Å²) in [5.74, 6) is -1.10. The van der Waals surface area contributed by atoms with Crippen LogP contribution in [0.1, 0.15) is 24.2 Å². The number of benzene rings is 1. The molecule has 0 spiro atoms. The Bertz CT molecular complexity index is 573. The molecule has 0 bridgehead atoms. The van der Waals surface area contributed by atoms with Gasteiger partial charge in [-0.25, -0.2) is 4.79 Å². The van der Waals surface area contributed by atoms with Crippen LogP contribution in [0.25, 0.3) is 0 Å². The highest BCUT2D eigenvalue weighted by molar-refractivity contribution is 8.00. The van der Waals surface area contributed by atoms with Crippen LogP contribution in [0.5, 0.6) is 0 Å². The highest BCUT2D eigenvalue weighted by Crippen LogP contribution is 2.30. The molecule has 1 saturated heterocycles. The number of carbonyl (C=O) groups excluding carboxylic acids is 2. The zero-order chi connectivity index (χ0) is 15.6. The minimum atomic E-state index is -0.991. The molecule has 2 unspecified atom stereocenters. The van der Waals surface area contributed by atoms with Crippen molar-refractivity contribution in [3.8, 4) is 0 Å². The van der Waals surface area contributed by atoms with E-state index >= 15 is 0 Å². The van der Waals surface area contributed by atoms with Gasteiger partial charge in [0.1, 0.15) is 6.04 Å². The SMILES string of the molecule is CC(=O)Nc1ccc(C(=O)N2C(C)SCC2C(=O)O)cc1. The van der Waals surface area contributed by atoms with Crippen molar-refractivity contribution in [2.24, 2.45) is 0 Å². The van der Waals surface area contributed by atoms with Crippen LogP contribution < -0.4 is 5.32 Å². The van der Waals surface area contributed by atoms with E-state index in [4.69, 9.17) is 0 Å². The van der Waals surface area contributed by atoms with Gasteiger partial charge in [0.25, 0.3) is 5.91 Å². The molecule has 112 valence electrons. The van der Waals surface area contributed by atoms with Gasteiger partial charge in [-0.05, 0) is 31.2 Å². The third-order valence-electron chi connectivity index (χ3n) is 3.19. The molecular formula is C14H16N2O4S.